The molecule has 2 rings (SSSR count). The van der Waals surface area contributed by atoms with E-state index >= 15 is 0 Å². The van der Waals surface area contributed by atoms with Crippen LogP contribution in [0.25, 0.3) is 0 Å². The zero-order chi connectivity index (χ0) is 13.1. The van der Waals surface area contributed by atoms with Gasteiger partial charge in [0, 0.05) is 19.6 Å². The first-order chi connectivity index (χ1) is 8.59. The van der Waals surface area contributed by atoms with Crippen LogP contribution in [0.4, 0.5) is 0 Å². The van der Waals surface area contributed by atoms with E-state index in [4.69, 9.17) is 0 Å². The first-order valence-corrected chi connectivity index (χ1v) is 7.48. The number of hydrogen-bond acceptors (Lipinski definition) is 3. The molecule has 4 nitrogen and oxygen atoms in total. The molecule has 0 amide bonds. The fourth-order valence-electron chi connectivity index (χ4n) is 2.66. The molecule has 2 heterocycles. The van der Waals surface area contributed by atoms with Crippen LogP contribution in [0.15, 0.2) is 4.47 Å². The lowest BCUT2D eigenvalue weighted by Crippen LogP contribution is -2.32. The molecule has 0 saturated carbocycles. The van der Waals surface area contributed by atoms with Gasteiger partial charge >= 0.3 is 0 Å². The Labute approximate surface area is 118 Å². The molecule has 18 heavy (non-hydrogen) atoms. The van der Waals surface area contributed by atoms with Gasteiger partial charge in [0.25, 0.3) is 0 Å². The van der Waals surface area contributed by atoms with Gasteiger partial charge in [-0.15, -0.1) is 0 Å². The van der Waals surface area contributed by atoms with Gasteiger partial charge in [-0.25, -0.2) is 0 Å². The molecule has 1 aromatic heterocycles. The highest BCUT2D eigenvalue weighted by Gasteiger charge is 2.19. The highest BCUT2D eigenvalue weighted by molar-refractivity contribution is 9.10. The Balaban J connectivity index is 2.03. The van der Waals surface area contributed by atoms with Crippen molar-refractivity contribution in [3.8, 4) is 0 Å². The number of halogens is 1. The minimum absolute atomic E-state index is 0.683. The second kappa shape index (κ2) is 6.17. The minimum Gasteiger partial charge on any atom is -0.317 e. The van der Waals surface area contributed by atoms with Gasteiger partial charge in [0.15, 0.2) is 0 Å². The summed E-state index contributed by atoms with van der Waals surface area (Å²) in [5.74, 6) is 0. The Hall–Kier alpha value is -0.390. The maximum Gasteiger partial charge on any atom is 0.0739 e. The van der Waals surface area contributed by atoms with Crippen LogP contribution in [-0.4, -0.2) is 40.9 Å². The molecule has 0 spiro atoms. The van der Waals surface area contributed by atoms with Gasteiger partial charge in [0.05, 0.1) is 15.9 Å². The monoisotopic (exact) mass is 314 g/mol. The largest absolute Gasteiger partial charge is 0.317 e. The topological polar surface area (TPSA) is 33.1 Å². The van der Waals surface area contributed by atoms with Crippen molar-refractivity contribution in [2.75, 3.05) is 20.1 Å². The molecule has 0 aromatic carbocycles. The number of hydrogen-bond donors (Lipinski definition) is 1. The molecule has 5 heteroatoms. The van der Waals surface area contributed by atoms with Crippen LogP contribution in [0.2, 0.25) is 0 Å². The summed E-state index contributed by atoms with van der Waals surface area (Å²) in [7, 11) is 4.25. The van der Waals surface area contributed by atoms with Crippen molar-refractivity contribution in [2.24, 2.45) is 7.05 Å². The van der Waals surface area contributed by atoms with Crippen molar-refractivity contribution in [3.05, 3.63) is 15.9 Å². The van der Waals surface area contributed by atoms with E-state index in [-0.39, 0.29) is 0 Å². The third kappa shape index (κ3) is 3.13. The van der Waals surface area contributed by atoms with E-state index in [0.717, 1.165) is 23.3 Å². The molecule has 1 aliphatic heterocycles. The summed E-state index contributed by atoms with van der Waals surface area (Å²) >= 11 is 3.65. The zero-order valence-corrected chi connectivity index (χ0v) is 13.1. The van der Waals surface area contributed by atoms with Gasteiger partial charge in [-0.05, 0) is 62.3 Å². The van der Waals surface area contributed by atoms with Crippen LogP contribution < -0.4 is 5.32 Å². The number of aromatic nitrogens is 2. The number of nitrogens with one attached hydrogen (secondary N) is 1. The lowest BCUT2D eigenvalue weighted by atomic mass is 10.1. The Morgan fingerprint density at radius 3 is 2.89 bits per heavy atom. The second-order valence-electron chi connectivity index (χ2n) is 5.22. The molecule has 1 unspecified atom stereocenters. The SMILES string of the molecule is Cc1nn(C)c(CN(C)C2CCCNCC2)c1Br. The van der Waals surface area contributed by atoms with Crippen molar-refractivity contribution in [1.29, 1.82) is 0 Å². The van der Waals surface area contributed by atoms with Crippen molar-refractivity contribution in [3.63, 3.8) is 0 Å². The molecular weight excluding hydrogens is 292 g/mol. The predicted molar refractivity (Wildman–Crippen MR) is 77.6 cm³/mol. The fraction of sp³-hybridized carbons (Fsp3) is 0.769. The molecule has 0 radical (unpaired) electrons. The third-order valence-electron chi connectivity index (χ3n) is 3.83. The van der Waals surface area contributed by atoms with E-state index in [9.17, 15) is 0 Å². The van der Waals surface area contributed by atoms with E-state index in [1.165, 1.54) is 31.5 Å². The molecular formula is C13H23BrN4. The van der Waals surface area contributed by atoms with E-state index in [1.807, 2.05) is 18.7 Å². The normalized spacial score (nSPS) is 21.3. The van der Waals surface area contributed by atoms with Crippen LogP contribution in [0.3, 0.4) is 0 Å². The first-order valence-electron chi connectivity index (χ1n) is 6.68. The second-order valence-corrected chi connectivity index (χ2v) is 6.01. The van der Waals surface area contributed by atoms with E-state index in [1.54, 1.807) is 0 Å². The molecule has 1 saturated heterocycles. The summed E-state index contributed by atoms with van der Waals surface area (Å²) in [6, 6.07) is 0.683. The maximum atomic E-state index is 4.46. The third-order valence-corrected chi connectivity index (χ3v) is 4.86. The predicted octanol–water partition coefficient (Wildman–Crippen LogP) is 2.06. The summed E-state index contributed by atoms with van der Waals surface area (Å²) in [4.78, 5) is 2.47. The Morgan fingerprint density at radius 1 is 1.44 bits per heavy atom. The molecule has 0 bridgehead atoms. The van der Waals surface area contributed by atoms with Gasteiger partial charge < -0.3 is 5.32 Å². The molecule has 1 N–H and O–H groups in total. The van der Waals surface area contributed by atoms with Crippen LogP contribution in [0.5, 0.6) is 0 Å². The van der Waals surface area contributed by atoms with Gasteiger partial charge in [0.1, 0.15) is 0 Å². The number of nitrogens with zero attached hydrogens (tertiary/aromatic N) is 3. The Kier molecular flexibility index (Phi) is 4.81. The van der Waals surface area contributed by atoms with E-state index in [2.05, 4.69) is 38.3 Å². The molecule has 102 valence electrons. The van der Waals surface area contributed by atoms with E-state index < -0.39 is 0 Å². The smallest absolute Gasteiger partial charge is 0.0739 e. The van der Waals surface area contributed by atoms with Crippen molar-refractivity contribution in [2.45, 2.75) is 38.8 Å². The summed E-state index contributed by atoms with van der Waals surface area (Å²) in [6.45, 7) is 5.31. The minimum atomic E-state index is 0.683. The highest BCUT2D eigenvalue weighted by atomic mass is 79.9. The summed E-state index contributed by atoms with van der Waals surface area (Å²) in [6.07, 6.45) is 3.81. The molecule has 1 aliphatic rings. The van der Waals surface area contributed by atoms with Crippen LogP contribution in [0, 0.1) is 6.92 Å². The fourth-order valence-corrected chi connectivity index (χ4v) is 3.12. The van der Waals surface area contributed by atoms with Crippen molar-refractivity contribution < 1.29 is 0 Å². The Bertz CT molecular complexity index is 394. The van der Waals surface area contributed by atoms with Crippen LogP contribution >= 0.6 is 15.9 Å². The quantitative estimate of drug-likeness (QED) is 0.927. The molecule has 1 atom stereocenters. The van der Waals surface area contributed by atoms with Gasteiger partial charge in [0.2, 0.25) is 0 Å². The zero-order valence-electron chi connectivity index (χ0n) is 11.5. The van der Waals surface area contributed by atoms with Crippen LogP contribution in [-0.2, 0) is 13.6 Å². The lowest BCUT2D eigenvalue weighted by molar-refractivity contribution is 0.211. The van der Waals surface area contributed by atoms with Crippen molar-refractivity contribution >= 4 is 15.9 Å². The van der Waals surface area contributed by atoms with Gasteiger partial charge in [-0.2, -0.15) is 5.10 Å². The van der Waals surface area contributed by atoms with Crippen molar-refractivity contribution in [1.82, 2.24) is 20.0 Å². The molecule has 1 aromatic rings. The first kappa shape index (κ1) is 14.0. The summed E-state index contributed by atoms with van der Waals surface area (Å²) < 4.78 is 3.15. The van der Waals surface area contributed by atoms with E-state index in [0.29, 0.717) is 6.04 Å². The highest BCUT2D eigenvalue weighted by Crippen LogP contribution is 2.23. The Morgan fingerprint density at radius 2 is 2.22 bits per heavy atom. The molecule has 1 fully saturated rings. The summed E-state index contributed by atoms with van der Waals surface area (Å²) in [5.41, 5.74) is 2.34. The lowest BCUT2D eigenvalue weighted by Gasteiger charge is -2.26. The van der Waals surface area contributed by atoms with Gasteiger partial charge in [-0.1, -0.05) is 0 Å². The van der Waals surface area contributed by atoms with Crippen LogP contribution in [0.1, 0.15) is 30.7 Å². The maximum absolute atomic E-state index is 4.46. The summed E-state index contributed by atoms with van der Waals surface area (Å²) in [5, 5.41) is 7.93. The standard InChI is InChI=1S/C13H23BrN4/c1-10-13(14)12(18(3)16-10)9-17(2)11-5-4-7-15-8-6-11/h11,15H,4-9H2,1-3H3. The molecule has 0 aliphatic carbocycles. The average Bonchev–Trinajstić information content (AvgIpc) is 2.58. The average molecular weight is 315 g/mol. The number of aryl methyl sites for hydroxylation is 2. The number of rotatable bonds is 3. The van der Waals surface area contributed by atoms with Gasteiger partial charge in [-0.3, -0.25) is 9.58 Å².